The molecule has 0 amide bonds. The lowest BCUT2D eigenvalue weighted by Crippen LogP contribution is -2.18. The molecule has 0 saturated carbocycles. The predicted octanol–water partition coefficient (Wildman–Crippen LogP) is 4.21. The summed E-state index contributed by atoms with van der Waals surface area (Å²) in [4.78, 5) is 16.5. The molecule has 2 aromatic carbocycles. The first kappa shape index (κ1) is 16.5. The van der Waals surface area contributed by atoms with Gasteiger partial charge in [0.15, 0.2) is 5.16 Å². The predicted molar refractivity (Wildman–Crippen MR) is 93.0 cm³/mol. The van der Waals surface area contributed by atoms with Crippen molar-refractivity contribution in [3.05, 3.63) is 54.3 Å². The van der Waals surface area contributed by atoms with Gasteiger partial charge in [-0.2, -0.15) is 0 Å². The van der Waals surface area contributed by atoms with Gasteiger partial charge in [-0.15, -0.1) is 0 Å². The van der Waals surface area contributed by atoms with Crippen molar-refractivity contribution < 1.29 is 13.9 Å². The molecule has 0 aliphatic rings. The van der Waals surface area contributed by atoms with Gasteiger partial charge in [0.25, 0.3) is 0 Å². The number of imidazole rings is 1. The standard InChI is InChI=1S/C18H17FN2O2S/c1-3-16(17(22)23-2)24-18-20-13-9-5-7-11-15(13)21(18)14-10-6-4-8-12(14)19/h4-11,16H,3H2,1-2H3. The fraction of sp³-hybridized carbons (Fsp3) is 0.222. The van der Waals surface area contributed by atoms with E-state index >= 15 is 0 Å². The van der Waals surface area contributed by atoms with E-state index in [-0.39, 0.29) is 11.8 Å². The van der Waals surface area contributed by atoms with E-state index in [2.05, 4.69) is 4.98 Å². The van der Waals surface area contributed by atoms with Crippen LogP contribution in [0.3, 0.4) is 0 Å². The molecular formula is C18H17FN2O2S. The Bertz CT molecular complexity index is 878. The largest absolute Gasteiger partial charge is 0.468 e. The van der Waals surface area contributed by atoms with Crippen LogP contribution in [0.2, 0.25) is 0 Å². The van der Waals surface area contributed by atoms with Gasteiger partial charge in [-0.1, -0.05) is 43.0 Å². The first-order chi connectivity index (χ1) is 11.7. The second-order valence-electron chi connectivity index (χ2n) is 5.21. The molecule has 0 bridgehead atoms. The molecule has 0 radical (unpaired) electrons. The number of halogens is 1. The zero-order valence-electron chi connectivity index (χ0n) is 13.4. The van der Waals surface area contributed by atoms with Crippen LogP contribution < -0.4 is 0 Å². The van der Waals surface area contributed by atoms with Crippen molar-refractivity contribution in [2.45, 2.75) is 23.8 Å². The third-order valence-electron chi connectivity index (χ3n) is 3.71. The van der Waals surface area contributed by atoms with Gasteiger partial charge in [-0.25, -0.2) is 9.37 Å². The molecule has 124 valence electrons. The number of hydrogen-bond donors (Lipinski definition) is 0. The van der Waals surface area contributed by atoms with E-state index in [1.807, 2.05) is 31.2 Å². The van der Waals surface area contributed by atoms with Gasteiger partial charge in [0.1, 0.15) is 11.1 Å². The number of hydrogen-bond acceptors (Lipinski definition) is 4. The number of rotatable bonds is 5. The zero-order valence-corrected chi connectivity index (χ0v) is 14.2. The van der Waals surface area contributed by atoms with Crippen LogP contribution in [-0.4, -0.2) is 27.9 Å². The second kappa shape index (κ2) is 7.05. The van der Waals surface area contributed by atoms with Crippen LogP contribution in [0.15, 0.2) is 53.7 Å². The number of fused-ring (bicyclic) bond motifs is 1. The van der Waals surface area contributed by atoms with Gasteiger partial charge in [0.05, 0.1) is 23.8 Å². The Morgan fingerprint density at radius 1 is 1.25 bits per heavy atom. The Labute approximate surface area is 143 Å². The second-order valence-corrected chi connectivity index (χ2v) is 6.38. The number of carbonyl (C=O) groups is 1. The Morgan fingerprint density at radius 2 is 1.96 bits per heavy atom. The highest BCUT2D eigenvalue weighted by Crippen LogP contribution is 2.32. The molecule has 1 aromatic heterocycles. The van der Waals surface area contributed by atoms with E-state index in [0.29, 0.717) is 17.3 Å². The van der Waals surface area contributed by atoms with Crippen molar-refractivity contribution in [2.75, 3.05) is 7.11 Å². The lowest BCUT2D eigenvalue weighted by Gasteiger charge is -2.14. The van der Waals surface area contributed by atoms with Gasteiger partial charge in [-0.05, 0) is 30.7 Å². The summed E-state index contributed by atoms with van der Waals surface area (Å²) in [6, 6.07) is 14.1. The average molecular weight is 344 g/mol. The number of carbonyl (C=O) groups excluding carboxylic acids is 1. The van der Waals surface area contributed by atoms with Gasteiger partial charge < -0.3 is 4.74 Å². The maximum Gasteiger partial charge on any atom is 0.319 e. The molecule has 1 heterocycles. The molecule has 3 aromatic rings. The van der Waals surface area contributed by atoms with Crippen LogP contribution >= 0.6 is 11.8 Å². The summed E-state index contributed by atoms with van der Waals surface area (Å²) >= 11 is 1.29. The number of thioether (sulfide) groups is 1. The molecule has 1 atom stereocenters. The van der Waals surface area contributed by atoms with E-state index in [4.69, 9.17) is 4.74 Å². The van der Waals surface area contributed by atoms with Crippen molar-refractivity contribution in [3.8, 4) is 5.69 Å². The molecule has 0 aliphatic heterocycles. The summed E-state index contributed by atoms with van der Waals surface area (Å²) in [7, 11) is 1.37. The number of ether oxygens (including phenoxy) is 1. The quantitative estimate of drug-likeness (QED) is 0.514. The highest BCUT2D eigenvalue weighted by Gasteiger charge is 2.23. The third-order valence-corrected chi connectivity index (χ3v) is 5.00. The van der Waals surface area contributed by atoms with E-state index in [1.54, 1.807) is 22.8 Å². The van der Waals surface area contributed by atoms with Gasteiger partial charge in [0.2, 0.25) is 0 Å². The Balaban J connectivity index is 2.16. The molecule has 1 unspecified atom stereocenters. The lowest BCUT2D eigenvalue weighted by molar-refractivity contribution is -0.140. The van der Waals surface area contributed by atoms with Crippen LogP contribution in [0.4, 0.5) is 4.39 Å². The molecule has 24 heavy (non-hydrogen) atoms. The smallest absolute Gasteiger partial charge is 0.319 e. The van der Waals surface area contributed by atoms with Crippen LogP contribution in [0.5, 0.6) is 0 Å². The third kappa shape index (κ3) is 3.01. The van der Waals surface area contributed by atoms with E-state index in [1.165, 1.54) is 24.9 Å². The molecule has 4 nitrogen and oxygen atoms in total. The van der Waals surface area contributed by atoms with E-state index in [0.717, 1.165) is 11.0 Å². The molecule has 6 heteroatoms. The summed E-state index contributed by atoms with van der Waals surface area (Å²) in [5.74, 6) is -0.650. The minimum absolute atomic E-state index is 0.311. The van der Waals surface area contributed by atoms with E-state index < -0.39 is 5.25 Å². The van der Waals surface area contributed by atoms with Gasteiger partial charge in [0, 0.05) is 0 Å². The van der Waals surface area contributed by atoms with Crippen molar-refractivity contribution in [1.82, 2.24) is 9.55 Å². The highest BCUT2D eigenvalue weighted by molar-refractivity contribution is 8.00. The van der Waals surface area contributed by atoms with E-state index in [9.17, 15) is 9.18 Å². The van der Waals surface area contributed by atoms with Crippen molar-refractivity contribution >= 4 is 28.8 Å². The van der Waals surface area contributed by atoms with Crippen LogP contribution in [0.1, 0.15) is 13.3 Å². The molecule has 0 aliphatic carbocycles. The number of para-hydroxylation sites is 3. The summed E-state index contributed by atoms with van der Waals surface area (Å²) in [5.41, 5.74) is 1.96. The number of nitrogens with zero attached hydrogens (tertiary/aromatic N) is 2. The minimum Gasteiger partial charge on any atom is -0.468 e. The first-order valence-electron chi connectivity index (χ1n) is 7.62. The van der Waals surface area contributed by atoms with Gasteiger partial charge in [-0.3, -0.25) is 9.36 Å². The first-order valence-corrected chi connectivity index (χ1v) is 8.50. The monoisotopic (exact) mass is 344 g/mol. The summed E-state index contributed by atoms with van der Waals surface area (Å²) in [5, 5.41) is 0.177. The van der Waals surface area contributed by atoms with Crippen molar-refractivity contribution in [3.63, 3.8) is 0 Å². The molecular weight excluding hydrogens is 327 g/mol. The number of aromatic nitrogens is 2. The van der Waals surface area contributed by atoms with Crippen LogP contribution in [0, 0.1) is 5.82 Å². The number of esters is 1. The summed E-state index contributed by atoms with van der Waals surface area (Å²) in [6.45, 7) is 1.91. The Hall–Kier alpha value is -2.34. The lowest BCUT2D eigenvalue weighted by atomic mass is 10.2. The van der Waals surface area contributed by atoms with Crippen molar-refractivity contribution in [2.24, 2.45) is 0 Å². The zero-order chi connectivity index (χ0) is 17.1. The average Bonchev–Trinajstić information content (AvgIpc) is 2.97. The maximum atomic E-state index is 14.4. The molecule has 0 saturated heterocycles. The fourth-order valence-electron chi connectivity index (χ4n) is 2.51. The van der Waals surface area contributed by atoms with Crippen LogP contribution in [0.25, 0.3) is 16.7 Å². The Kier molecular flexibility index (Phi) is 4.85. The number of methoxy groups -OCH3 is 1. The molecule has 0 fully saturated rings. The van der Waals surface area contributed by atoms with Gasteiger partial charge >= 0.3 is 5.97 Å². The minimum atomic E-state index is -0.391. The highest BCUT2D eigenvalue weighted by atomic mass is 32.2. The van der Waals surface area contributed by atoms with Crippen LogP contribution in [-0.2, 0) is 9.53 Å². The fourth-order valence-corrected chi connectivity index (χ4v) is 3.57. The molecule has 0 N–H and O–H groups in total. The summed E-state index contributed by atoms with van der Waals surface area (Å²) < 4.78 is 21.0. The normalized spacial score (nSPS) is 12.3. The SMILES string of the molecule is CCC(Sc1nc2ccccc2n1-c1ccccc1F)C(=O)OC. The molecule has 3 rings (SSSR count). The Morgan fingerprint density at radius 3 is 2.67 bits per heavy atom. The summed E-state index contributed by atoms with van der Waals surface area (Å²) in [6.07, 6.45) is 0.595. The van der Waals surface area contributed by atoms with Crippen molar-refractivity contribution in [1.29, 1.82) is 0 Å². The molecule has 0 spiro atoms. The topological polar surface area (TPSA) is 44.1 Å². The number of benzene rings is 2. The maximum absolute atomic E-state index is 14.4.